The molecule has 0 heteroatoms. The van der Waals surface area contributed by atoms with E-state index in [-0.39, 0.29) is 0 Å². The predicted octanol–water partition coefficient (Wildman–Crippen LogP) is 19.8. The summed E-state index contributed by atoms with van der Waals surface area (Å²) in [4.78, 5) is 0. The molecular formula is C70H42. The lowest BCUT2D eigenvalue weighted by atomic mass is 9.80. The van der Waals surface area contributed by atoms with E-state index in [0.717, 1.165) is 0 Å². The van der Waals surface area contributed by atoms with E-state index in [2.05, 4.69) is 255 Å². The zero-order chi connectivity index (χ0) is 45.9. The SMILES string of the molecule is c1ccc(-c2cccc(-c3cc(-c4cc5ccccc5c5ccccc45)c4ccc5c(-c6cc7ccccc7c7ccccc67)cc(-c6cc7ccccc7c7ccccc67)c6ccc3c4c65)c2)cc1. The zero-order valence-electron chi connectivity index (χ0n) is 38.2. The van der Waals surface area contributed by atoms with Crippen molar-refractivity contribution in [2.45, 2.75) is 0 Å². The third-order valence-corrected chi connectivity index (χ3v) is 15.4. The molecule has 0 saturated carbocycles. The summed E-state index contributed by atoms with van der Waals surface area (Å²) in [5.41, 5.74) is 12.3. The quantitative estimate of drug-likeness (QED) is 0.151. The van der Waals surface area contributed by atoms with E-state index in [1.54, 1.807) is 0 Å². The van der Waals surface area contributed by atoms with Gasteiger partial charge in [0.25, 0.3) is 0 Å². The second-order valence-corrected chi connectivity index (χ2v) is 19.0. The van der Waals surface area contributed by atoms with Gasteiger partial charge in [-0.3, -0.25) is 0 Å². The first-order valence-electron chi connectivity index (χ1n) is 24.4. The van der Waals surface area contributed by atoms with Gasteiger partial charge in [0.2, 0.25) is 0 Å². The Morgan fingerprint density at radius 3 is 0.871 bits per heavy atom. The van der Waals surface area contributed by atoms with Crippen molar-refractivity contribution in [3.8, 4) is 55.6 Å². The lowest BCUT2D eigenvalue weighted by Gasteiger charge is -2.23. The summed E-state index contributed by atoms with van der Waals surface area (Å²) in [7, 11) is 0. The van der Waals surface area contributed by atoms with E-state index in [0.29, 0.717) is 0 Å². The maximum Gasteiger partial charge on any atom is -0.00139 e. The number of hydrogen-bond acceptors (Lipinski definition) is 0. The Hall–Kier alpha value is -9.10. The van der Waals surface area contributed by atoms with Crippen molar-refractivity contribution in [3.05, 3.63) is 255 Å². The van der Waals surface area contributed by atoms with E-state index in [1.165, 1.54) is 153 Å². The van der Waals surface area contributed by atoms with E-state index in [9.17, 15) is 0 Å². The van der Waals surface area contributed by atoms with Gasteiger partial charge < -0.3 is 0 Å². The van der Waals surface area contributed by atoms with Crippen LogP contribution in [0, 0.1) is 0 Å². The Morgan fingerprint density at radius 1 is 0.143 bits per heavy atom. The van der Waals surface area contributed by atoms with Gasteiger partial charge in [-0.1, -0.05) is 218 Å². The predicted molar refractivity (Wildman–Crippen MR) is 302 cm³/mol. The van der Waals surface area contributed by atoms with Crippen LogP contribution in [0.25, 0.3) is 153 Å². The first kappa shape index (κ1) is 38.9. The van der Waals surface area contributed by atoms with Gasteiger partial charge in [-0.2, -0.15) is 0 Å². The molecule has 0 unspecified atom stereocenters. The van der Waals surface area contributed by atoms with Crippen LogP contribution in [0.3, 0.4) is 0 Å². The third kappa shape index (κ3) is 5.78. The molecule has 0 nitrogen and oxygen atoms in total. The molecule has 15 rings (SSSR count). The highest BCUT2D eigenvalue weighted by molar-refractivity contribution is 6.34. The van der Waals surface area contributed by atoms with Gasteiger partial charge in [0.05, 0.1) is 0 Å². The van der Waals surface area contributed by atoms with E-state index >= 15 is 0 Å². The van der Waals surface area contributed by atoms with Gasteiger partial charge >= 0.3 is 0 Å². The Balaban J connectivity index is 1.15. The monoisotopic (exact) mass is 882 g/mol. The molecule has 322 valence electrons. The van der Waals surface area contributed by atoms with Gasteiger partial charge in [-0.05, 0) is 189 Å². The molecule has 0 amide bonds. The summed E-state index contributed by atoms with van der Waals surface area (Å²) in [5, 5.41) is 22.7. The van der Waals surface area contributed by atoms with Crippen molar-refractivity contribution >= 4 is 97.0 Å². The Bertz CT molecular complexity index is 4490. The van der Waals surface area contributed by atoms with Gasteiger partial charge in [0, 0.05) is 0 Å². The van der Waals surface area contributed by atoms with E-state index in [4.69, 9.17) is 0 Å². The molecule has 0 N–H and O–H groups in total. The summed E-state index contributed by atoms with van der Waals surface area (Å²) < 4.78 is 0. The summed E-state index contributed by atoms with van der Waals surface area (Å²) in [6.45, 7) is 0. The van der Waals surface area contributed by atoms with Crippen molar-refractivity contribution in [2.75, 3.05) is 0 Å². The summed E-state index contributed by atoms with van der Waals surface area (Å²) in [6, 6.07) is 95.6. The smallest absolute Gasteiger partial charge is 0.00139 e. The van der Waals surface area contributed by atoms with Crippen molar-refractivity contribution in [2.24, 2.45) is 0 Å². The van der Waals surface area contributed by atoms with Crippen LogP contribution < -0.4 is 0 Å². The van der Waals surface area contributed by atoms with E-state index in [1.807, 2.05) is 0 Å². The number of rotatable bonds is 5. The molecule has 0 spiro atoms. The molecule has 0 aliphatic heterocycles. The highest BCUT2D eigenvalue weighted by atomic mass is 14.3. The van der Waals surface area contributed by atoms with E-state index < -0.39 is 0 Å². The molecule has 0 bridgehead atoms. The van der Waals surface area contributed by atoms with Crippen LogP contribution in [0.1, 0.15) is 0 Å². The minimum absolute atomic E-state index is 1.20. The first-order valence-corrected chi connectivity index (χ1v) is 24.4. The van der Waals surface area contributed by atoms with Crippen LogP contribution >= 0.6 is 0 Å². The number of hydrogen-bond donors (Lipinski definition) is 0. The normalized spacial score (nSPS) is 12.0. The van der Waals surface area contributed by atoms with Crippen LogP contribution in [0.15, 0.2) is 255 Å². The molecular weight excluding hydrogens is 841 g/mol. The fraction of sp³-hybridized carbons (Fsp3) is 0. The average Bonchev–Trinajstić information content (AvgIpc) is 3.44. The maximum absolute atomic E-state index is 2.52. The van der Waals surface area contributed by atoms with Gasteiger partial charge in [0.15, 0.2) is 0 Å². The zero-order valence-corrected chi connectivity index (χ0v) is 38.2. The average molecular weight is 883 g/mol. The van der Waals surface area contributed by atoms with Crippen LogP contribution in [-0.4, -0.2) is 0 Å². The minimum atomic E-state index is 1.20. The highest BCUT2D eigenvalue weighted by Crippen LogP contribution is 2.52. The Kier molecular flexibility index (Phi) is 8.46. The summed E-state index contributed by atoms with van der Waals surface area (Å²) in [5.74, 6) is 0. The van der Waals surface area contributed by atoms with Crippen molar-refractivity contribution in [1.82, 2.24) is 0 Å². The second kappa shape index (κ2) is 15.2. The molecule has 0 aliphatic carbocycles. The molecule has 0 saturated heterocycles. The van der Waals surface area contributed by atoms with Gasteiger partial charge in [-0.25, -0.2) is 0 Å². The lowest BCUT2D eigenvalue weighted by Crippen LogP contribution is -1.96. The number of benzene rings is 15. The molecule has 70 heavy (non-hydrogen) atoms. The second-order valence-electron chi connectivity index (χ2n) is 19.0. The molecule has 15 aromatic carbocycles. The molecule has 0 heterocycles. The lowest BCUT2D eigenvalue weighted by molar-refractivity contribution is 1.60. The fourth-order valence-corrected chi connectivity index (χ4v) is 12.2. The standard InChI is InChI=1S/C70H42/c1-2-17-43(18-3-1)44-22-16-23-45(37-44)62-41-66(63-38-46-19-4-7-24-49(46)52-27-10-13-30-55(52)63)59-35-36-61-68(65-40-48-21-6-9-26-51(48)54-29-12-15-32-57(54)65)42-67(60-34-33-58(62)69(59)70(60)61)64-39-47-20-5-8-25-50(47)53-28-11-14-31-56(53)64/h1-42H. The minimum Gasteiger partial charge on any atom is -0.0622 e. The third-order valence-electron chi connectivity index (χ3n) is 15.4. The van der Waals surface area contributed by atoms with Gasteiger partial charge in [-0.15, -0.1) is 0 Å². The summed E-state index contributed by atoms with van der Waals surface area (Å²) >= 11 is 0. The van der Waals surface area contributed by atoms with Crippen LogP contribution in [0.5, 0.6) is 0 Å². The topological polar surface area (TPSA) is 0 Å². The van der Waals surface area contributed by atoms with Crippen LogP contribution in [0.2, 0.25) is 0 Å². The van der Waals surface area contributed by atoms with Gasteiger partial charge in [0.1, 0.15) is 0 Å². The maximum atomic E-state index is 2.52. The fourth-order valence-electron chi connectivity index (χ4n) is 12.2. The van der Waals surface area contributed by atoms with Crippen molar-refractivity contribution in [3.63, 3.8) is 0 Å². The number of fused-ring (bicyclic) bond motifs is 9. The molecule has 15 aromatic rings. The molecule has 0 aliphatic rings. The molecule has 0 radical (unpaired) electrons. The largest absolute Gasteiger partial charge is 0.0622 e. The Labute approximate surface area is 405 Å². The molecule has 0 fully saturated rings. The van der Waals surface area contributed by atoms with Crippen molar-refractivity contribution < 1.29 is 0 Å². The first-order chi connectivity index (χ1) is 34.7. The van der Waals surface area contributed by atoms with Crippen LogP contribution in [0.4, 0.5) is 0 Å². The molecule has 0 aromatic heterocycles. The van der Waals surface area contributed by atoms with Crippen LogP contribution in [-0.2, 0) is 0 Å². The van der Waals surface area contributed by atoms with Crippen molar-refractivity contribution in [1.29, 1.82) is 0 Å². The Morgan fingerprint density at radius 2 is 0.443 bits per heavy atom. The summed E-state index contributed by atoms with van der Waals surface area (Å²) in [6.07, 6.45) is 0. The molecule has 0 atom stereocenters. The highest BCUT2D eigenvalue weighted by Gasteiger charge is 2.24.